The second-order valence-corrected chi connectivity index (χ2v) is 7.68. The van der Waals surface area contributed by atoms with Crippen molar-refractivity contribution in [2.24, 2.45) is 5.92 Å². The van der Waals surface area contributed by atoms with E-state index in [4.69, 9.17) is 0 Å². The number of hydrogen-bond donors (Lipinski definition) is 0. The van der Waals surface area contributed by atoms with Gasteiger partial charge in [-0.3, -0.25) is 9.59 Å². The fourth-order valence-corrected chi connectivity index (χ4v) is 3.99. The molecule has 2 rings (SSSR count). The van der Waals surface area contributed by atoms with Gasteiger partial charge in [-0.25, -0.2) is 0 Å². The second-order valence-electron chi connectivity index (χ2n) is 7.68. The third-order valence-corrected chi connectivity index (χ3v) is 5.77. The highest BCUT2D eigenvalue weighted by Gasteiger charge is 2.22. The molecule has 1 aromatic carbocycles. The van der Waals surface area contributed by atoms with Crippen molar-refractivity contribution in [2.45, 2.75) is 90.4 Å². The van der Waals surface area contributed by atoms with Crippen LogP contribution in [0.1, 0.15) is 106 Å². The predicted octanol–water partition coefficient (Wildman–Crippen LogP) is 6.48. The lowest BCUT2D eigenvalue weighted by atomic mass is 9.77. The Morgan fingerprint density at radius 1 is 0.920 bits per heavy atom. The van der Waals surface area contributed by atoms with Crippen LogP contribution in [0.2, 0.25) is 0 Å². The molecule has 1 aliphatic carbocycles. The number of rotatable bonds is 10. The average molecular weight is 343 g/mol. The van der Waals surface area contributed by atoms with E-state index in [1.165, 1.54) is 63.4 Å². The summed E-state index contributed by atoms with van der Waals surface area (Å²) < 4.78 is 0. The van der Waals surface area contributed by atoms with Gasteiger partial charge in [-0.2, -0.15) is 0 Å². The summed E-state index contributed by atoms with van der Waals surface area (Å²) in [6.45, 7) is 4.07. The van der Waals surface area contributed by atoms with Crippen LogP contribution in [0.3, 0.4) is 0 Å². The van der Waals surface area contributed by atoms with Crippen LogP contribution in [0.25, 0.3) is 0 Å². The molecule has 0 atom stereocenters. The number of Topliss-reactive ketones (excluding diaryl/α,β-unsaturated/α-hetero) is 2. The third-order valence-electron chi connectivity index (χ3n) is 5.77. The first-order valence-electron chi connectivity index (χ1n) is 10.3. The zero-order valence-corrected chi connectivity index (χ0v) is 16.1. The van der Waals surface area contributed by atoms with Crippen LogP contribution in [0.5, 0.6) is 0 Å². The maximum absolute atomic E-state index is 12.1. The van der Waals surface area contributed by atoms with Crippen LogP contribution < -0.4 is 0 Å². The Morgan fingerprint density at radius 2 is 1.60 bits per heavy atom. The smallest absolute Gasteiger partial charge is 0.170 e. The Morgan fingerprint density at radius 3 is 2.20 bits per heavy atom. The fourth-order valence-electron chi connectivity index (χ4n) is 3.99. The van der Waals surface area contributed by atoms with Gasteiger partial charge in [0.1, 0.15) is 5.78 Å². The first-order chi connectivity index (χ1) is 12.1. The molecule has 0 saturated heterocycles. The summed E-state index contributed by atoms with van der Waals surface area (Å²) in [5.74, 6) is 1.54. The lowest BCUT2D eigenvalue weighted by Gasteiger charge is -2.29. The molecular weight excluding hydrogens is 308 g/mol. The Kier molecular flexibility index (Phi) is 8.37. The van der Waals surface area contributed by atoms with E-state index >= 15 is 0 Å². The lowest BCUT2D eigenvalue weighted by Crippen LogP contribution is -2.13. The molecule has 138 valence electrons. The number of unbranched alkanes of at least 4 members (excludes halogenated alkanes) is 3. The van der Waals surface area contributed by atoms with Crippen LogP contribution >= 0.6 is 0 Å². The van der Waals surface area contributed by atoms with Crippen molar-refractivity contribution in [3.8, 4) is 0 Å². The van der Waals surface area contributed by atoms with Crippen molar-refractivity contribution in [1.82, 2.24) is 0 Å². The molecule has 0 aromatic heterocycles. The SMILES string of the molecule is CCCCCCC1CCC(c2ccc(C(=O)CC(=O)CC)cc2)CC1. The summed E-state index contributed by atoms with van der Waals surface area (Å²) >= 11 is 0. The molecule has 0 unspecified atom stereocenters. The lowest BCUT2D eigenvalue weighted by molar-refractivity contribution is -0.117. The molecule has 2 nitrogen and oxygen atoms in total. The molecule has 0 bridgehead atoms. The molecule has 0 radical (unpaired) electrons. The van der Waals surface area contributed by atoms with Crippen LogP contribution in [0.15, 0.2) is 24.3 Å². The number of carbonyl (C=O) groups excluding carboxylic acids is 2. The Balaban J connectivity index is 1.79. The van der Waals surface area contributed by atoms with E-state index in [-0.39, 0.29) is 18.0 Å². The zero-order valence-electron chi connectivity index (χ0n) is 16.1. The molecule has 0 spiro atoms. The molecule has 0 amide bonds. The van der Waals surface area contributed by atoms with E-state index in [1.54, 1.807) is 6.92 Å². The summed E-state index contributed by atoms with van der Waals surface area (Å²) in [6, 6.07) is 8.04. The standard InChI is InChI=1S/C23H34O2/c1-3-5-6-7-8-18-9-11-19(12-10-18)20-13-15-21(16-14-20)23(25)17-22(24)4-2/h13-16,18-19H,3-12,17H2,1-2H3. The highest BCUT2D eigenvalue weighted by atomic mass is 16.1. The van der Waals surface area contributed by atoms with Gasteiger partial charge in [0, 0.05) is 12.0 Å². The highest BCUT2D eigenvalue weighted by molar-refractivity contribution is 6.07. The Bertz CT molecular complexity index is 536. The fraction of sp³-hybridized carbons (Fsp3) is 0.652. The van der Waals surface area contributed by atoms with E-state index < -0.39 is 0 Å². The van der Waals surface area contributed by atoms with E-state index in [2.05, 4.69) is 19.1 Å². The van der Waals surface area contributed by atoms with E-state index in [0.29, 0.717) is 17.9 Å². The Hall–Kier alpha value is -1.44. The second kappa shape index (κ2) is 10.5. The third kappa shape index (κ3) is 6.41. The minimum atomic E-state index is -0.0470. The van der Waals surface area contributed by atoms with Crippen molar-refractivity contribution in [3.05, 3.63) is 35.4 Å². The summed E-state index contributed by atoms with van der Waals surface area (Å²) in [5, 5.41) is 0. The summed E-state index contributed by atoms with van der Waals surface area (Å²) in [4.78, 5) is 23.5. The average Bonchev–Trinajstić information content (AvgIpc) is 2.65. The van der Waals surface area contributed by atoms with Gasteiger partial charge >= 0.3 is 0 Å². The van der Waals surface area contributed by atoms with E-state index in [1.807, 2.05) is 12.1 Å². The zero-order chi connectivity index (χ0) is 18.1. The molecule has 0 heterocycles. The van der Waals surface area contributed by atoms with E-state index in [0.717, 1.165) is 5.92 Å². The number of carbonyl (C=O) groups is 2. The maximum Gasteiger partial charge on any atom is 0.170 e. The summed E-state index contributed by atoms with van der Waals surface area (Å²) in [5.41, 5.74) is 2.04. The number of benzene rings is 1. The molecule has 1 fully saturated rings. The first-order valence-corrected chi connectivity index (χ1v) is 10.3. The van der Waals surface area contributed by atoms with Crippen LogP contribution in [-0.2, 0) is 4.79 Å². The molecule has 25 heavy (non-hydrogen) atoms. The molecular formula is C23H34O2. The molecule has 2 heteroatoms. The van der Waals surface area contributed by atoms with Crippen LogP contribution in [0.4, 0.5) is 0 Å². The van der Waals surface area contributed by atoms with Crippen molar-refractivity contribution in [2.75, 3.05) is 0 Å². The first kappa shape index (κ1) is 19.9. The minimum absolute atomic E-state index is 0.0198. The van der Waals surface area contributed by atoms with Crippen LogP contribution in [-0.4, -0.2) is 11.6 Å². The van der Waals surface area contributed by atoms with Crippen molar-refractivity contribution in [3.63, 3.8) is 0 Å². The number of ketones is 2. The van der Waals surface area contributed by atoms with Gasteiger partial charge in [0.2, 0.25) is 0 Å². The highest BCUT2D eigenvalue weighted by Crippen LogP contribution is 2.37. The van der Waals surface area contributed by atoms with E-state index in [9.17, 15) is 9.59 Å². The Labute approximate surface area is 153 Å². The van der Waals surface area contributed by atoms with Gasteiger partial charge in [0.25, 0.3) is 0 Å². The topological polar surface area (TPSA) is 34.1 Å². The van der Waals surface area contributed by atoms with Crippen molar-refractivity contribution >= 4 is 11.6 Å². The van der Waals surface area contributed by atoms with Gasteiger partial charge in [0.15, 0.2) is 5.78 Å². The predicted molar refractivity (Wildman–Crippen MR) is 104 cm³/mol. The van der Waals surface area contributed by atoms with Gasteiger partial charge in [-0.05, 0) is 43.1 Å². The van der Waals surface area contributed by atoms with Gasteiger partial charge in [0.05, 0.1) is 6.42 Å². The summed E-state index contributed by atoms with van der Waals surface area (Å²) in [6.07, 6.45) is 12.6. The molecule has 1 aromatic rings. The van der Waals surface area contributed by atoms with Gasteiger partial charge < -0.3 is 0 Å². The quantitative estimate of drug-likeness (QED) is 0.277. The van der Waals surface area contributed by atoms with Crippen molar-refractivity contribution < 1.29 is 9.59 Å². The molecule has 0 N–H and O–H groups in total. The molecule has 1 saturated carbocycles. The summed E-state index contributed by atoms with van der Waals surface area (Å²) in [7, 11) is 0. The van der Waals surface area contributed by atoms with Crippen molar-refractivity contribution in [1.29, 1.82) is 0 Å². The maximum atomic E-state index is 12.1. The molecule has 1 aliphatic rings. The monoisotopic (exact) mass is 342 g/mol. The normalized spacial score (nSPS) is 20.4. The number of hydrogen-bond acceptors (Lipinski definition) is 2. The molecule has 0 aliphatic heterocycles. The van der Waals surface area contributed by atoms with Gasteiger partial charge in [-0.1, -0.05) is 70.2 Å². The minimum Gasteiger partial charge on any atom is -0.299 e. The van der Waals surface area contributed by atoms with Gasteiger partial charge in [-0.15, -0.1) is 0 Å². The largest absolute Gasteiger partial charge is 0.299 e. The van der Waals surface area contributed by atoms with Crippen LogP contribution in [0, 0.1) is 5.92 Å².